The molecule has 4 unspecified atom stereocenters. The number of carbonyl (C=O) groups excluding carboxylic acids is 4. The van der Waals surface area contributed by atoms with Crippen LogP contribution >= 0.6 is 12.6 Å². The van der Waals surface area contributed by atoms with Crippen LogP contribution in [-0.2, 0) is 24.0 Å². The van der Waals surface area contributed by atoms with Crippen LogP contribution in [0.5, 0.6) is 0 Å². The molecule has 4 atom stereocenters. The Hall–Kier alpha value is -3.80. The Balaban J connectivity index is 5.41. The Morgan fingerprint density at radius 1 is 0.711 bits per heavy atom. The highest BCUT2D eigenvalue weighted by Gasteiger charge is 2.29. The van der Waals surface area contributed by atoms with Gasteiger partial charge in [-0.15, -0.1) is 0 Å². The fourth-order valence-electron chi connectivity index (χ4n) is 2.98. The molecule has 0 rings (SSSR count). The Morgan fingerprint density at radius 2 is 1.16 bits per heavy atom. The third-order valence-corrected chi connectivity index (χ3v) is 5.36. The Kier molecular flexibility index (Phi) is 16.6. The largest absolute Gasteiger partial charge is 0.480 e. The molecule has 18 heteroatoms. The zero-order valence-corrected chi connectivity index (χ0v) is 21.9. The minimum Gasteiger partial charge on any atom is -0.480 e. The number of primary amides is 1. The van der Waals surface area contributed by atoms with Gasteiger partial charge in [0.2, 0.25) is 23.6 Å². The summed E-state index contributed by atoms with van der Waals surface area (Å²) >= 11 is 4.07. The van der Waals surface area contributed by atoms with Gasteiger partial charge >= 0.3 is 5.97 Å². The number of hydrogen-bond acceptors (Lipinski definition) is 9. The first-order chi connectivity index (χ1) is 17.8. The first kappa shape index (κ1) is 34.2. The van der Waals surface area contributed by atoms with Crippen LogP contribution in [0.1, 0.15) is 38.5 Å². The second-order valence-corrected chi connectivity index (χ2v) is 8.58. The van der Waals surface area contributed by atoms with Crippen molar-refractivity contribution in [2.45, 2.75) is 62.7 Å². The zero-order valence-electron chi connectivity index (χ0n) is 21.0. The molecular weight excluding hydrogens is 522 g/mol. The lowest BCUT2D eigenvalue weighted by atomic mass is 10.1. The van der Waals surface area contributed by atoms with Gasteiger partial charge in [-0.1, -0.05) is 0 Å². The van der Waals surface area contributed by atoms with Crippen LogP contribution in [0.25, 0.3) is 0 Å². The first-order valence-electron chi connectivity index (χ1n) is 11.7. The van der Waals surface area contributed by atoms with Crippen LogP contribution in [0.4, 0.5) is 0 Å². The molecule has 0 aromatic rings. The summed E-state index contributed by atoms with van der Waals surface area (Å²) in [7, 11) is 0. The van der Waals surface area contributed by atoms with E-state index in [1.165, 1.54) is 0 Å². The normalized spacial score (nSPS) is 13.6. The van der Waals surface area contributed by atoms with Crippen molar-refractivity contribution < 1.29 is 29.1 Å². The fraction of sp³-hybridized carbons (Fsp3) is 0.650. The Morgan fingerprint density at radius 3 is 1.61 bits per heavy atom. The maximum absolute atomic E-state index is 12.9. The first-order valence-corrected chi connectivity index (χ1v) is 12.3. The summed E-state index contributed by atoms with van der Waals surface area (Å²) in [6.07, 6.45) is 0.429. The summed E-state index contributed by atoms with van der Waals surface area (Å²) in [5, 5.41) is 16.8. The topological polar surface area (TPSA) is 323 Å². The lowest BCUT2D eigenvalue weighted by Gasteiger charge is -2.24. The van der Waals surface area contributed by atoms with E-state index >= 15 is 0 Å². The number of aliphatic carboxylic acids is 1. The minimum absolute atomic E-state index is 0.0189. The molecule has 0 aliphatic carbocycles. The van der Waals surface area contributed by atoms with Crippen molar-refractivity contribution >= 4 is 54.1 Å². The number of nitrogens with two attached hydrogens (primary N) is 6. The monoisotopic (exact) mass is 561 g/mol. The predicted molar refractivity (Wildman–Crippen MR) is 144 cm³/mol. The Bertz CT molecular complexity index is 878. The molecule has 0 fully saturated rings. The summed E-state index contributed by atoms with van der Waals surface area (Å²) < 4.78 is 0. The smallest absolute Gasteiger partial charge is 0.326 e. The van der Waals surface area contributed by atoms with E-state index in [1.807, 2.05) is 0 Å². The lowest BCUT2D eigenvalue weighted by Crippen LogP contribution is -2.57. The number of guanidine groups is 2. The quantitative estimate of drug-likeness (QED) is 0.0307. The van der Waals surface area contributed by atoms with Crippen molar-refractivity contribution in [1.82, 2.24) is 16.0 Å². The van der Waals surface area contributed by atoms with E-state index < -0.39 is 53.8 Å². The molecule has 0 aliphatic rings. The van der Waals surface area contributed by atoms with Crippen molar-refractivity contribution in [2.75, 3.05) is 18.8 Å². The summed E-state index contributed by atoms with van der Waals surface area (Å²) in [5.41, 5.74) is 31.8. The van der Waals surface area contributed by atoms with E-state index in [9.17, 15) is 29.1 Å². The average molecular weight is 562 g/mol. The molecule has 0 radical (unpaired) electrons. The van der Waals surface area contributed by atoms with Crippen LogP contribution in [0, 0.1) is 0 Å². The standard InChI is InChI=1S/C20H39N11O6S/c21-10(5-6-14(22)32)15(33)31-13(9-38)17(35)29-11(3-1-7-27-19(23)24)16(34)30-12(18(36)37)4-2-8-28-20(25)26/h10-13,38H,1-9,21H2,(H2,22,32)(H,29,35)(H,30,34)(H,31,33)(H,36,37)(H4,23,24,27)(H4,25,26,28). The van der Waals surface area contributed by atoms with Gasteiger partial charge in [-0.05, 0) is 32.1 Å². The molecule has 0 heterocycles. The number of aliphatic imine (C=N–C) groups is 2. The zero-order chi connectivity index (χ0) is 29.3. The van der Waals surface area contributed by atoms with E-state index in [0.29, 0.717) is 0 Å². The van der Waals surface area contributed by atoms with Gasteiger partial charge in [0, 0.05) is 25.3 Å². The number of thiol groups is 1. The second kappa shape index (κ2) is 18.4. The van der Waals surface area contributed by atoms with Crippen molar-refractivity contribution in [2.24, 2.45) is 44.4 Å². The van der Waals surface area contributed by atoms with Crippen molar-refractivity contribution in [3.63, 3.8) is 0 Å². The van der Waals surface area contributed by atoms with Crippen molar-refractivity contribution in [1.29, 1.82) is 0 Å². The number of nitrogens with one attached hydrogen (secondary N) is 3. The van der Waals surface area contributed by atoms with Gasteiger partial charge in [0.15, 0.2) is 11.9 Å². The predicted octanol–water partition coefficient (Wildman–Crippen LogP) is -4.84. The summed E-state index contributed by atoms with van der Waals surface area (Å²) in [6, 6.07) is -4.77. The van der Waals surface area contributed by atoms with Crippen molar-refractivity contribution in [3.05, 3.63) is 0 Å². The lowest BCUT2D eigenvalue weighted by molar-refractivity contribution is -0.142. The minimum atomic E-state index is -1.29. The molecule has 216 valence electrons. The number of nitrogens with zero attached hydrogens (tertiary/aromatic N) is 2. The molecule has 0 saturated carbocycles. The van der Waals surface area contributed by atoms with Gasteiger partial charge in [-0.2, -0.15) is 12.6 Å². The molecule has 0 aliphatic heterocycles. The Labute approximate surface area is 225 Å². The van der Waals surface area contributed by atoms with Gasteiger partial charge in [-0.3, -0.25) is 29.2 Å². The molecule has 0 spiro atoms. The van der Waals surface area contributed by atoms with Gasteiger partial charge in [-0.25, -0.2) is 4.79 Å². The molecule has 0 aromatic carbocycles. The van der Waals surface area contributed by atoms with E-state index in [-0.39, 0.29) is 69.3 Å². The van der Waals surface area contributed by atoms with Gasteiger partial charge in [0.25, 0.3) is 0 Å². The van der Waals surface area contributed by atoms with Crippen LogP contribution in [0.3, 0.4) is 0 Å². The maximum atomic E-state index is 12.9. The average Bonchev–Trinajstić information content (AvgIpc) is 2.83. The number of amides is 4. The highest BCUT2D eigenvalue weighted by molar-refractivity contribution is 7.80. The van der Waals surface area contributed by atoms with Gasteiger partial charge in [0.05, 0.1) is 6.04 Å². The summed E-state index contributed by atoms with van der Waals surface area (Å²) in [4.78, 5) is 68.2. The second-order valence-electron chi connectivity index (χ2n) is 8.21. The maximum Gasteiger partial charge on any atom is 0.326 e. The summed E-state index contributed by atoms with van der Waals surface area (Å²) in [5.74, 6) is -4.65. The summed E-state index contributed by atoms with van der Waals surface area (Å²) in [6.45, 7) is 0.301. The highest BCUT2D eigenvalue weighted by atomic mass is 32.1. The van der Waals surface area contributed by atoms with E-state index in [4.69, 9.17) is 34.4 Å². The molecule has 0 aromatic heterocycles. The van der Waals surface area contributed by atoms with Crippen LogP contribution < -0.4 is 50.4 Å². The van der Waals surface area contributed by atoms with Crippen LogP contribution in [-0.4, -0.2) is 89.6 Å². The molecule has 17 nitrogen and oxygen atoms in total. The molecule has 4 amide bonds. The number of carboxylic acid groups (broad SMARTS) is 1. The fourth-order valence-corrected chi connectivity index (χ4v) is 3.24. The van der Waals surface area contributed by atoms with E-state index in [0.717, 1.165) is 0 Å². The molecule has 16 N–H and O–H groups in total. The SMILES string of the molecule is NC(=O)CCC(N)C(=O)NC(CS)C(=O)NC(CCCN=C(N)N)C(=O)NC(CCCN=C(N)N)C(=O)O. The van der Waals surface area contributed by atoms with Crippen molar-refractivity contribution in [3.8, 4) is 0 Å². The molecular formula is C20H39N11O6S. The van der Waals surface area contributed by atoms with Gasteiger partial charge in [0.1, 0.15) is 18.1 Å². The molecule has 38 heavy (non-hydrogen) atoms. The third kappa shape index (κ3) is 15.3. The van der Waals surface area contributed by atoms with E-state index in [1.54, 1.807) is 0 Å². The molecule has 0 bridgehead atoms. The van der Waals surface area contributed by atoms with Crippen LogP contribution in [0.2, 0.25) is 0 Å². The number of rotatable bonds is 19. The third-order valence-electron chi connectivity index (χ3n) is 4.99. The molecule has 0 saturated heterocycles. The van der Waals surface area contributed by atoms with E-state index in [2.05, 4.69) is 38.6 Å². The van der Waals surface area contributed by atoms with Gasteiger partial charge < -0.3 is 55.5 Å². The number of hydrogen-bond donors (Lipinski definition) is 11. The van der Waals surface area contributed by atoms with Crippen LogP contribution in [0.15, 0.2) is 9.98 Å². The highest BCUT2D eigenvalue weighted by Crippen LogP contribution is 2.05. The number of carbonyl (C=O) groups is 5. The number of carboxylic acids is 1.